The summed E-state index contributed by atoms with van der Waals surface area (Å²) in [7, 11) is 0. The van der Waals surface area contributed by atoms with Crippen molar-refractivity contribution < 1.29 is 13.9 Å². The zero-order chi connectivity index (χ0) is 14.8. The summed E-state index contributed by atoms with van der Waals surface area (Å²) in [5.41, 5.74) is 5.09. The molecule has 1 aliphatic heterocycles. The quantitative estimate of drug-likeness (QED) is 0.890. The maximum atomic E-state index is 13.0. The van der Waals surface area contributed by atoms with Gasteiger partial charge in [0, 0.05) is 18.5 Å². The first-order chi connectivity index (χ1) is 9.39. The van der Waals surface area contributed by atoms with Crippen LogP contribution in [0.5, 0.6) is 0 Å². The van der Waals surface area contributed by atoms with Crippen molar-refractivity contribution in [2.45, 2.75) is 44.2 Å². The van der Waals surface area contributed by atoms with E-state index in [2.05, 4.69) is 5.32 Å². The van der Waals surface area contributed by atoms with E-state index in [4.69, 9.17) is 10.5 Å². The summed E-state index contributed by atoms with van der Waals surface area (Å²) in [6.07, 6.45) is 1.81. The van der Waals surface area contributed by atoms with Gasteiger partial charge in [0.25, 0.3) is 0 Å². The predicted molar refractivity (Wildman–Crippen MR) is 75.8 cm³/mol. The molecule has 20 heavy (non-hydrogen) atoms. The number of carbonyl (C=O) groups excluding carboxylic acids is 1. The first-order valence-corrected chi connectivity index (χ1v) is 6.87. The third-order valence-corrected chi connectivity index (χ3v) is 4.10. The monoisotopic (exact) mass is 280 g/mol. The van der Waals surface area contributed by atoms with E-state index in [9.17, 15) is 9.18 Å². The third-order valence-electron chi connectivity index (χ3n) is 4.10. The second-order valence-corrected chi connectivity index (χ2v) is 5.66. The Labute approximate surface area is 118 Å². The molecular weight excluding hydrogens is 259 g/mol. The molecule has 110 valence electrons. The molecule has 0 spiro atoms. The number of anilines is 1. The van der Waals surface area contributed by atoms with Gasteiger partial charge >= 0.3 is 0 Å². The Morgan fingerprint density at radius 2 is 2.10 bits per heavy atom. The smallest absolute Gasteiger partial charge is 0.243 e. The molecule has 0 aromatic heterocycles. The van der Waals surface area contributed by atoms with E-state index in [1.807, 2.05) is 13.8 Å². The van der Waals surface area contributed by atoms with Gasteiger partial charge in [0.15, 0.2) is 0 Å². The number of nitrogens with two attached hydrogens (primary N) is 1. The molecular formula is C15H21FN2O2. The summed E-state index contributed by atoms with van der Waals surface area (Å²) in [6, 6.07) is 5.93. The standard InChI is InChI=1S/C15H21FN2O2/c1-3-14(2)10-15(13(17)19,8-9-20-14)18-12-6-4-11(16)5-7-12/h4-7,18H,3,8-10H2,1-2H3,(H2,17,19). The summed E-state index contributed by atoms with van der Waals surface area (Å²) in [6.45, 7) is 4.48. The van der Waals surface area contributed by atoms with E-state index in [1.165, 1.54) is 12.1 Å². The van der Waals surface area contributed by atoms with Gasteiger partial charge in [-0.05, 0) is 37.6 Å². The average Bonchev–Trinajstić information content (AvgIpc) is 2.41. The van der Waals surface area contributed by atoms with Gasteiger partial charge in [0.2, 0.25) is 5.91 Å². The van der Waals surface area contributed by atoms with Crippen molar-refractivity contribution in [3.05, 3.63) is 30.1 Å². The van der Waals surface area contributed by atoms with E-state index in [-0.39, 0.29) is 11.4 Å². The molecule has 0 radical (unpaired) electrons. The Kier molecular flexibility index (Phi) is 3.99. The van der Waals surface area contributed by atoms with E-state index < -0.39 is 11.4 Å². The first kappa shape index (κ1) is 14.8. The number of benzene rings is 1. The Morgan fingerprint density at radius 1 is 1.45 bits per heavy atom. The van der Waals surface area contributed by atoms with Gasteiger partial charge in [-0.15, -0.1) is 0 Å². The SMILES string of the molecule is CCC1(C)CC(Nc2ccc(F)cc2)(C(N)=O)CCO1. The number of ether oxygens (including phenoxy) is 1. The van der Waals surface area contributed by atoms with Crippen LogP contribution in [0.25, 0.3) is 0 Å². The highest BCUT2D eigenvalue weighted by Gasteiger charge is 2.46. The zero-order valence-corrected chi connectivity index (χ0v) is 11.9. The van der Waals surface area contributed by atoms with E-state index in [0.717, 1.165) is 6.42 Å². The second-order valence-electron chi connectivity index (χ2n) is 5.66. The highest BCUT2D eigenvalue weighted by molar-refractivity contribution is 5.88. The molecule has 0 saturated carbocycles. The van der Waals surface area contributed by atoms with Crippen LogP contribution in [0, 0.1) is 5.82 Å². The minimum atomic E-state index is -0.846. The summed E-state index contributed by atoms with van der Waals surface area (Å²) in [5.74, 6) is -0.709. The Morgan fingerprint density at radius 3 is 2.65 bits per heavy atom. The lowest BCUT2D eigenvalue weighted by molar-refractivity contribution is -0.135. The Balaban J connectivity index is 2.26. The number of rotatable bonds is 4. The van der Waals surface area contributed by atoms with E-state index in [0.29, 0.717) is 25.1 Å². The molecule has 1 heterocycles. The molecule has 1 amide bonds. The lowest BCUT2D eigenvalue weighted by Gasteiger charge is -2.45. The Hall–Kier alpha value is -1.62. The maximum absolute atomic E-state index is 13.0. The van der Waals surface area contributed by atoms with Gasteiger partial charge < -0.3 is 15.8 Å². The highest BCUT2D eigenvalue weighted by atomic mass is 19.1. The molecule has 3 N–H and O–H groups in total. The number of hydrogen-bond donors (Lipinski definition) is 2. The fraction of sp³-hybridized carbons (Fsp3) is 0.533. The molecule has 0 bridgehead atoms. The van der Waals surface area contributed by atoms with Crippen LogP contribution in [0.1, 0.15) is 33.1 Å². The molecule has 1 fully saturated rings. The molecule has 2 rings (SSSR count). The van der Waals surface area contributed by atoms with Gasteiger partial charge in [0.1, 0.15) is 11.4 Å². The van der Waals surface area contributed by atoms with Crippen molar-refractivity contribution in [1.82, 2.24) is 0 Å². The molecule has 5 heteroatoms. The first-order valence-electron chi connectivity index (χ1n) is 6.87. The van der Waals surface area contributed by atoms with Crippen molar-refractivity contribution in [3.8, 4) is 0 Å². The largest absolute Gasteiger partial charge is 0.375 e. The summed E-state index contributed by atoms with van der Waals surface area (Å²) in [5, 5.41) is 3.19. The van der Waals surface area contributed by atoms with Crippen LogP contribution in [-0.2, 0) is 9.53 Å². The molecule has 1 saturated heterocycles. The maximum Gasteiger partial charge on any atom is 0.243 e. The van der Waals surface area contributed by atoms with Crippen molar-refractivity contribution in [3.63, 3.8) is 0 Å². The van der Waals surface area contributed by atoms with Crippen molar-refractivity contribution in [2.75, 3.05) is 11.9 Å². The number of nitrogens with one attached hydrogen (secondary N) is 1. The van der Waals surface area contributed by atoms with Crippen LogP contribution < -0.4 is 11.1 Å². The van der Waals surface area contributed by atoms with E-state index >= 15 is 0 Å². The number of halogens is 1. The van der Waals surface area contributed by atoms with Gasteiger partial charge in [-0.1, -0.05) is 6.92 Å². The van der Waals surface area contributed by atoms with Gasteiger partial charge in [0.05, 0.1) is 12.2 Å². The average molecular weight is 280 g/mol. The summed E-state index contributed by atoms with van der Waals surface area (Å²) in [4.78, 5) is 12.0. The normalized spacial score (nSPS) is 29.9. The van der Waals surface area contributed by atoms with Crippen molar-refractivity contribution in [2.24, 2.45) is 5.73 Å². The van der Waals surface area contributed by atoms with Crippen LogP contribution in [0.3, 0.4) is 0 Å². The summed E-state index contributed by atoms with van der Waals surface area (Å²) >= 11 is 0. The molecule has 4 nitrogen and oxygen atoms in total. The molecule has 0 aliphatic carbocycles. The van der Waals surface area contributed by atoms with Crippen molar-refractivity contribution in [1.29, 1.82) is 0 Å². The second kappa shape index (κ2) is 5.40. The van der Waals surface area contributed by atoms with Crippen LogP contribution in [0.2, 0.25) is 0 Å². The van der Waals surface area contributed by atoms with Crippen molar-refractivity contribution >= 4 is 11.6 Å². The van der Waals surface area contributed by atoms with Crippen LogP contribution in [0.15, 0.2) is 24.3 Å². The minimum Gasteiger partial charge on any atom is -0.375 e. The molecule has 2 atom stereocenters. The Bertz CT molecular complexity index is 491. The van der Waals surface area contributed by atoms with Crippen LogP contribution in [-0.4, -0.2) is 23.7 Å². The third kappa shape index (κ3) is 2.93. The predicted octanol–water partition coefficient (Wildman–Crippen LogP) is 2.44. The van der Waals surface area contributed by atoms with Crippen LogP contribution >= 0.6 is 0 Å². The van der Waals surface area contributed by atoms with Crippen LogP contribution in [0.4, 0.5) is 10.1 Å². The molecule has 2 unspecified atom stereocenters. The topological polar surface area (TPSA) is 64.3 Å². The van der Waals surface area contributed by atoms with Gasteiger partial charge in [-0.25, -0.2) is 4.39 Å². The number of carbonyl (C=O) groups is 1. The molecule has 1 aliphatic rings. The fourth-order valence-electron chi connectivity index (χ4n) is 2.66. The highest BCUT2D eigenvalue weighted by Crippen LogP contribution is 2.36. The zero-order valence-electron chi connectivity index (χ0n) is 11.9. The number of hydrogen-bond acceptors (Lipinski definition) is 3. The summed E-state index contributed by atoms with van der Waals surface area (Å²) < 4.78 is 18.7. The van der Waals surface area contributed by atoms with Gasteiger partial charge in [-0.3, -0.25) is 4.79 Å². The molecule has 1 aromatic carbocycles. The fourth-order valence-corrected chi connectivity index (χ4v) is 2.66. The number of amides is 1. The lowest BCUT2D eigenvalue weighted by atomic mass is 9.78. The van der Waals surface area contributed by atoms with Gasteiger partial charge in [-0.2, -0.15) is 0 Å². The minimum absolute atomic E-state index is 0.311. The number of primary amides is 1. The van der Waals surface area contributed by atoms with E-state index in [1.54, 1.807) is 12.1 Å². The molecule has 1 aromatic rings. The lowest BCUT2D eigenvalue weighted by Crippen LogP contribution is -2.59.